The smallest absolute Gasteiger partial charge is 0.0923 e. The summed E-state index contributed by atoms with van der Waals surface area (Å²) in [5.74, 6) is 0. The third-order valence-electron chi connectivity index (χ3n) is 3.80. The number of aliphatic hydroxyl groups is 1. The van der Waals surface area contributed by atoms with Gasteiger partial charge in [0.2, 0.25) is 0 Å². The molecule has 0 aliphatic heterocycles. The minimum atomic E-state index is -0.525. The van der Waals surface area contributed by atoms with Crippen LogP contribution in [0.1, 0.15) is 39.8 Å². The lowest BCUT2D eigenvalue weighted by Gasteiger charge is -2.11. The molecule has 4 heteroatoms. The quantitative estimate of drug-likeness (QED) is 0.820. The van der Waals surface area contributed by atoms with E-state index in [-0.39, 0.29) is 0 Å². The summed E-state index contributed by atoms with van der Waals surface area (Å²) in [6.07, 6.45) is 4.76. The van der Waals surface area contributed by atoms with E-state index in [0.29, 0.717) is 16.5 Å². The van der Waals surface area contributed by atoms with E-state index in [9.17, 15) is 5.11 Å². The predicted octanol–water partition coefficient (Wildman–Crippen LogP) is 5.21. The van der Waals surface area contributed by atoms with Crippen molar-refractivity contribution in [3.05, 3.63) is 55.2 Å². The number of aryl methyl sites for hydroxylation is 2. The second kappa shape index (κ2) is 6.07. The van der Waals surface area contributed by atoms with Crippen molar-refractivity contribution in [3.8, 4) is 0 Å². The molecule has 1 unspecified atom stereocenters. The third-order valence-corrected chi connectivity index (χ3v) is 5.85. The Morgan fingerprint density at radius 1 is 1.15 bits per heavy atom. The molecular weight excluding hydrogens is 311 g/mol. The Hall–Kier alpha value is -0.540. The lowest BCUT2D eigenvalue weighted by Crippen LogP contribution is -2.01. The van der Waals surface area contributed by atoms with Crippen LogP contribution in [0.5, 0.6) is 0 Å². The SMILES string of the molecule is OC(Cc1c(Cl)cccc1Cl)c1cc2c(s1)CCCC2. The fraction of sp³-hybridized carbons (Fsp3) is 0.375. The van der Waals surface area contributed by atoms with Crippen LogP contribution in [0.15, 0.2) is 24.3 Å². The third kappa shape index (κ3) is 2.89. The van der Waals surface area contributed by atoms with Gasteiger partial charge in [-0.15, -0.1) is 11.3 Å². The van der Waals surface area contributed by atoms with Gasteiger partial charge in [0, 0.05) is 26.2 Å². The van der Waals surface area contributed by atoms with Crippen molar-refractivity contribution in [2.24, 2.45) is 0 Å². The van der Waals surface area contributed by atoms with Gasteiger partial charge >= 0.3 is 0 Å². The van der Waals surface area contributed by atoms with Gasteiger partial charge in [0.15, 0.2) is 0 Å². The highest BCUT2D eigenvalue weighted by Gasteiger charge is 2.19. The maximum atomic E-state index is 10.5. The topological polar surface area (TPSA) is 20.2 Å². The summed E-state index contributed by atoms with van der Waals surface area (Å²) in [6.45, 7) is 0. The lowest BCUT2D eigenvalue weighted by molar-refractivity contribution is 0.182. The zero-order valence-corrected chi connectivity index (χ0v) is 13.4. The summed E-state index contributed by atoms with van der Waals surface area (Å²) < 4.78 is 0. The summed E-state index contributed by atoms with van der Waals surface area (Å²) in [6, 6.07) is 7.61. The molecule has 0 saturated carbocycles. The highest BCUT2D eigenvalue weighted by Crippen LogP contribution is 2.36. The first-order chi connectivity index (χ1) is 9.65. The Balaban J connectivity index is 1.82. The number of hydrogen-bond acceptors (Lipinski definition) is 2. The van der Waals surface area contributed by atoms with Crippen LogP contribution in [0.2, 0.25) is 10.0 Å². The molecule has 0 spiro atoms. The molecule has 0 fully saturated rings. The Kier molecular flexibility index (Phi) is 4.37. The van der Waals surface area contributed by atoms with E-state index in [2.05, 4.69) is 6.07 Å². The Labute approximate surface area is 133 Å². The van der Waals surface area contributed by atoms with Crippen molar-refractivity contribution in [1.82, 2.24) is 0 Å². The molecule has 0 radical (unpaired) electrons. The molecule has 1 atom stereocenters. The summed E-state index contributed by atoms with van der Waals surface area (Å²) in [4.78, 5) is 2.48. The lowest BCUT2D eigenvalue weighted by atomic mass is 9.98. The summed E-state index contributed by atoms with van der Waals surface area (Å²) in [7, 11) is 0. The van der Waals surface area contributed by atoms with Crippen LogP contribution in [0.4, 0.5) is 0 Å². The monoisotopic (exact) mass is 326 g/mol. The Morgan fingerprint density at radius 2 is 1.85 bits per heavy atom. The average molecular weight is 327 g/mol. The highest BCUT2D eigenvalue weighted by molar-refractivity contribution is 7.12. The van der Waals surface area contributed by atoms with E-state index in [0.717, 1.165) is 23.3 Å². The molecule has 20 heavy (non-hydrogen) atoms. The molecule has 1 N–H and O–H groups in total. The van der Waals surface area contributed by atoms with Gasteiger partial charge in [-0.05, 0) is 55.0 Å². The predicted molar refractivity (Wildman–Crippen MR) is 86.1 cm³/mol. The van der Waals surface area contributed by atoms with Gasteiger partial charge in [0.25, 0.3) is 0 Å². The van der Waals surface area contributed by atoms with E-state index in [1.165, 1.54) is 23.3 Å². The molecule has 1 aliphatic carbocycles. The van der Waals surface area contributed by atoms with Crippen LogP contribution in [0, 0.1) is 0 Å². The number of rotatable bonds is 3. The summed E-state index contributed by atoms with van der Waals surface area (Å²) >= 11 is 14.1. The van der Waals surface area contributed by atoms with E-state index < -0.39 is 6.10 Å². The summed E-state index contributed by atoms with van der Waals surface area (Å²) in [5.41, 5.74) is 2.25. The first kappa shape index (κ1) is 14.4. The van der Waals surface area contributed by atoms with Crippen molar-refractivity contribution >= 4 is 34.5 Å². The van der Waals surface area contributed by atoms with Crippen LogP contribution >= 0.6 is 34.5 Å². The number of thiophene rings is 1. The molecule has 1 aliphatic rings. The minimum Gasteiger partial charge on any atom is -0.387 e. The van der Waals surface area contributed by atoms with E-state index in [4.69, 9.17) is 23.2 Å². The van der Waals surface area contributed by atoms with Crippen molar-refractivity contribution in [1.29, 1.82) is 0 Å². The second-order valence-electron chi connectivity index (χ2n) is 5.22. The van der Waals surface area contributed by atoms with Gasteiger partial charge in [-0.2, -0.15) is 0 Å². The van der Waals surface area contributed by atoms with Gasteiger partial charge in [-0.3, -0.25) is 0 Å². The van der Waals surface area contributed by atoms with Crippen molar-refractivity contribution in [2.45, 2.75) is 38.2 Å². The molecular formula is C16H16Cl2OS. The van der Waals surface area contributed by atoms with Crippen LogP contribution in [0.25, 0.3) is 0 Å². The van der Waals surface area contributed by atoms with Crippen molar-refractivity contribution in [2.75, 3.05) is 0 Å². The largest absolute Gasteiger partial charge is 0.387 e. The molecule has 106 valence electrons. The van der Waals surface area contributed by atoms with Crippen LogP contribution in [-0.2, 0) is 19.3 Å². The van der Waals surface area contributed by atoms with Crippen LogP contribution in [0.3, 0.4) is 0 Å². The number of hydrogen-bond donors (Lipinski definition) is 1. The van der Waals surface area contributed by atoms with Crippen LogP contribution in [-0.4, -0.2) is 5.11 Å². The normalized spacial score (nSPS) is 15.9. The summed E-state index contributed by atoms with van der Waals surface area (Å²) in [5, 5.41) is 11.7. The van der Waals surface area contributed by atoms with E-state index >= 15 is 0 Å². The Morgan fingerprint density at radius 3 is 2.55 bits per heavy atom. The molecule has 1 aromatic heterocycles. The number of benzene rings is 1. The van der Waals surface area contributed by atoms with Gasteiger partial charge in [0.05, 0.1) is 6.10 Å². The fourth-order valence-corrected chi connectivity index (χ4v) is 4.49. The number of aliphatic hydroxyl groups excluding tert-OH is 1. The van der Waals surface area contributed by atoms with Crippen LogP contribution < -0.4 is 0 Å². The highest BCUT2D eigenvalue weighted by atomic mass is 35.5. The molecule has 2 aromatic rings. The number of fused-ring (bicyclic) bond motifs is 1. The van der Waals surface area contributed by atoms with E-state index in [1.54, 1.807) is 11.3 Å². The van der Waals surface area contributed by atoms with Gasteiger partial charge in [0.1, 0.15) is 0 Å². The molecule has 1 aromatic carbocycles. The maximum absolute atomic E-state index is 10.5. The van der Waals surface area contributed by atoms with Gasteiger partial charge in [-0.1, -0.05) is 29.3 Å². The average Bonchev–Trinajstić information content (AvgIpc) is 2.87. The Bertz CT molecular complexity index is 577. The fourth-order valence-electron chi connectivity index (χ4n) is 2.70. The molecule has 3 rings (SSSR count). The first-order valence-electron chi connectivity index (χ1n) is 6.87. The molecule has 1 nitrogen and oxygen atoms in total. The molecule has 1 heterocycles. The van der Waals surface area contributed by atoms with Gasteiger partial charge in [-0.25, -0.2) is 0 Å². The molecule has 0 saturated heterocycles. The standard InChI is InChI=1S/C16H16Cl2OS/c17-12-5-3-6-13(18)11(12)9-14(19)16-8-10-4-1-2-7-15(10)20-16/h3,5-6,8,14,19H,1-2,4,7,9H2. The minimum absolute atomic E-state index is 0.470. The second-order valence-corrected chi connectivity index (χ2v) is 7.21. The molecule has 0 amide bonds. The van der Waals surface area contributed by atoms with E-state index in [1.807, 2.05) is 18.2 Å². The zero-order chi connectivity index (χ0) is 14.1. The van der Waals surface area contributed by atoms with Gasteiger partial charge < -0.3 is 5.11 Å². The first-order valence-corrected chi connectivity index (χ1v) is 8.45. The van der Waals surface area contributed by atoms with Crippen molar-refractivity contribution < 1.29 is 5.11 Å². The maximum Gasteiger partial charge on any atom is 0.0923 e. The molecule has 0 bridgehead atoms. The zero-order valence-electron chi connectivity index (χ0n) is 11.0. The van der Waals surface area contributed by atoms with Crippen molar-refractivity contribution in [3.63, 3.8) is 0 Å². The number of halogens is 2.